The van der Waals surface area contributed by atoms with Crippen molar-refractivity contribution >= 4 is 17.1 Å². The van der Waals surface area contributed by atoms with E-state index in [-0.39, 0.29) is 18.2 Å². The van der Waals surface area contributed by atoms with Gasteiger partial charge >= 0.3 is 6.03 Å². The molecule has 2 aromatic rings. The molecule has 0 saturated carbocycles. The summed E-state index contributed by atoms with van der Waals surface area (Å²) in [4.78, 5) is 21.9. The van der Waals surface area contributed by atoms with Crippen LogP contribution in [0.5, 0.6) is 0 Å². The predicted octanol–water partition coefficient (Wildman–Crippen LogP) is 2.31. The number of ether oxygens (including phenoxy) is 1. The fourth-order valence-electron chi connectivity index (χ4n) is 3.03. The number of carbonyl (C=O) groups is 1. The summed E-state index contributed by atoms with van der Waals surface area (Å²) < 4.78 is 5.64. The average molecular weight is 316 g/mol. The number of imidazole rings is 1. The highest BCUT2D eigenvalue weighted by Crippen LogP contribution is 2.12. The highest BCUT2D eigenvalue weighted by molar-refractivity contribution is 5.75. The summed E-state index contributed by atoms with van der Waals surface area (Å²) in [6, 6.07) is 8.00. The number of aryl methyl sites for hydroxylation is 1. The zero-order valence-electron chi connectivity index (χ0n) is 13.7. The number of carbonyl (C=O) groups excluding carboxylic acids is 1. The van der Waals surface area contributed by atoms with E-state index >= 15 is 0 Å². The first-order valence-corrected chi connectivity index (χ1v) is 8.23. The van der Waals surface area contributed by atoms with Crippen LogP contribution in [-0.4, -0.2) is 52.7 Å². The second kappa shape index (κ2) is 7.00. The molecule has 1 saturated heterocycles. The number of aromatic amines is 1. The van der Waals surface area contributed by atoms with Gasteiger partial charge in [0.25, 0.3) is 0 Å². The predicted molar refractivity (Wildman–Crippen MR) is 89.4 cm³/mol. The monoisotopic (exact) mass is 316 g/mol. The average Bonchev–Trinajstić information content (AvgIpc) is 2.93. The Kier molecular flexibility index (Phi) is 4.81. The number of morpholine rings is 1. The van der Waals surface area contributed by atoms with Crippen molar-refractivity contribution in [3.8, 4) is 0 Å². The number of para-hydroxylation sites is 2. The lowest BCUT2D eigenvalue weighted by molar-refractivity contribution is -0.0545. The van der Waals surface area contributed by atoms with E-state index in [1.165, 1.54) is 0 Å². The fourth-order valence-corrected chi connectivity index (χ4v) is 3.03. The Bertz CT molecular complexity index is 626. The van der Waals surface area contributed by atoms with Crippen LogP contribution in [-0.2, 0) is 11.2 Å². The van der Waals surface area contributed by atoms with Crippen molar-refractivity contribution in [1.82, 2.24) is 20.2 Å². The minimum atomic E-state index is -0.00314. The van der Waals surface area contributed by atoms with Crippen LogP contribution in [0.1, 0.15) is 26.1 Å². The van der Waals surface area contributed by atoms with Crippen LogP contribution >= 0.6 is 0 Å². The van der Waals surface area contributed by atoms with E-state index in [1.807, 2.05) is 43.0 Å². The fraction of sp³-hybridized carbons (Fsp3) is 0.529. The smallest absolute Gasteiger partial charge is 0.317 e. The van der Waals surface area contributed by atoms with Gasteiger partial charge in [-0.15, -0.1) is 0 Å². The van der Waals surface area contributed by atoms with Crippen LogP contribution in [0, 0.1) is 0 Å². The summed E-state index contributed by atoms with van der Waals surface area (Å²) in [5, 5.41) is 2.99. The molecule has 6 heteroatoms. The van der Waals surface area contributed by atoms with Crippen molar-refractivity contribution in [3.05, 3.63) is 30.1 Å². The first-order chi connectivity index (χ1) is 11.1. The van der Waals surface area contributed by atoms with Crippen molar-refractivity contribution in [2.45, 2.75) is 38.9 Å². The molecule has 0 aliphatic carbocycles. The first-order valence-electron chi connectivity index (χ1n) is 8.23. The number of rotatable bonds is 4. The molecular formula is C17H24N4O2. The van der Waals surface area contributed by atoms with Gasteiger partial charge in [-0.25, -0.2) is 9.78 Å². The van der Waals surface area contributed by atoms with Gasteiger partial charge in [0.2, 0.25) is 0 Å². The van der Waals surface area contributed by atoms with E-state index in [0.717, 1.165) is 29.7 Å². The van der Waals surface area contributed by atoms with E-state index in [1.54, 1.807) is 0 Å². The number of urea groups is 1. The van der Waals surface area contributed by atoms with Crippen LogP contribution in [0.2, 0.25) is 0 Å². The number of amides is 2. The summed E-state index contributed by atoms with van der Waals surface area (Å²) >= 11 is 0. The SMILES string of the molecule is C[C@H]1CN(C(=O)NCCCc2nc3ccccc3[nH]2)C[C@H](C)O1. The molecule has 1 aromatic carbocycles. The van der Waals surface area contributed by atoms with Gasteiger partial charge < -0.3 is 19.9 Å². The number of nitrogens with one attached hydrogen (secondary N) is 2. The molecule has 3 rings (SSSR count). The van der Waals surface area contributed by atoms with Crippen molar-refractivity contribution < 1.29 is 9.53 Å². The molecule has 1 aromatic heterocycles. The number of H-pyrrole nitrogens is 1. The van der Waals surface area contributed by atoms with E-state index in [2.05, 4.69) is 15.3 Å². The Hall–Kier alpha value is -2.08. The van der Waals surface area contributed by atoms with Gasteiger partial charge in [0.05, 0.1) is 23.2 Å². The quantitative estimate of drug-likeness (QED) is 0.850. The molecule has 1 aliphatic rings. The van der Waals surface area contributed by atoms with Crippen LogP contribution in [0.15, 0.2) is 24.3 Å². The van der Waals surface area contributed by atoms with E-state index in [4.69, 9.17) is 4.74 Å². The van der Waals surface area contributed by atoms with Crippen molar-refractivity contribution in [2.24, 2.45) is 0 Å². The van der Waals surface area contributed by atoms with Crippen molar-refractivity contribution in [3.63, 3.8) is 0 Å². The van der Waals surface area contributed by atoms with Gasteiger partial charge in [-0.3, -0.25) is 0 Å². The van der Waals surface area contributed by atoms with Crippen molar-refractivity contribution in [1.29, 1.82) is 0 Å². The molecular weight excluding hydrogens is 292 g/mol. The standard InChI is InChI=1S/C17H24N4O2/c1-12-10-21(11-13(2)23-12)17(22)18-9-5-8-16-19-14-6-3-4-7-15(14)20-16/h3-4,6-7,12-13H,5,8-11H2,1-2H3,(H,18,22)(H,19,20)/t12-,13-/m0/s1. The summed E-state index contributed by atoms with van der Waals surface area (Å²) in [5.74, 6) is 0.967. The highest BCUT2D eigenvalue weighted by atomic mass is 16.5. The van der Waals surface area contributed by atoms with Crippen LogP contribution in [0.4, 0.5) is 4.79 Å². The van der Waals surface area contributed by atoms with E-state index in [0.29, 0.717) is 19.6 Å². The molecule has 1 fully saturated rings. The summed E-state index contributed by atoms with van der Waals surface area (Å²) in [6.07, 6.45) is 1.88. The largest absolute Gasteiger partial charge is 0.372 e. The number of hydrogen-bond acceptors (Lipinski definition) is 3. The third-order valence-electron chi connectivity index (χ3n) is 4.01. The second-order valence-corrected chi connectivity index (χ2v) is 6.20. The topological polar surface area (TPSA) is 70.2 Å². The molecule has 2 atom stereocenters. The number of hydrogen-bond donors (Lipinski definition) is 2. The second-order valence-electron chi connectivity index (χ2n) is 6.20. The molecule has 1 aliphatic heterocycles. The van der Waals surface area contributed by atoms with Gasteiger partial charge in [-0.05, 0) is 32.4 Å². The number of aromatic nitrogens is 2. The molecule has 0 spiro atoms. The number of fused-ring (bicyclic) bond motifs is 1. The van der Waals surface area contributed by atoms with Gasteiger partial charge in [-0.1, -0.05) is 12.1 Å². The lowest BCUT2D eigenvalue weighted by Gasteiger charge is -2.35. The Balaban J connectivity index is 1.43. The molecule has 2 heterocycles. The highest BCUT2D eigenvalue weighted by Gasteiger charge is 2.25. The summed E-state index contributed by atoms with van der Waals surface area (Å²) in [7, 11) is 0. The molecule has 124 valence electrons. The molecule has 0 bridgehead atoms. The van der Waals surface area contributed by atoms with Gasteiger partial charge in [0.1, 0.15) is 5.82 Å². The summed E-state index contributed by atoms with van der Waals surface area (Å²) in [5.41, 5.74) is 2.05. The van der Waals surface area contributed by atoms with Gasteiger partial charge in [0.15, 0.2) is 0 Å². The third kappa shape index (κ3) is 4.01. The maximum atomic E-state index is 12.2. The third-order valence-corrected chi connectivity index (χ3v) is 4.01. The van der Waals surface area contributed by atoms with Crippen LogP contribution < -0.4 is 5.32 Å². The van der Waals surface area contributed by atoms with E-state index < -0.39 is 0 Å². The van der Waals surface area contributed by atoms with Gasteiger partial charge in [0, 0.05) is 26.1 Å². The Morgan fingerprint density at radius 3 is 2.83 bits per heavy atom. The Morgan fingerprint density at radius 2 is 2.09 bits per heavy atom. The number of nitrogens with zero attached hydrogens (tertiary/aromatic N) is 2. The normalized spacial score (nSPS) is 21.6. The molecule has 23 heavy (non-hydrogen) atoms. The summed E-state index contributed by atoms with van der Waals surface area (Å²) in [6.45, 7) is 5.95. The minimum Gasteiger partial charge on any atom is -0.372 e. The minimum absolute atomic E-state index is 0.00314. The van der Waals surface area contributed by atoms with E-state index in [9.17, 15) is 4.79 Å². The number of benzene rings is 1. The molecule has 0 unspecified atom stereocenters. The molecule has 6 nitrogen and oxygen atoms in total. The first kappa shape index (κ1) is 15.8. The zero-order valence-corrected chi connectivity index (χ0v) is 13.7. The maximum Gasteiger partial charge on any atom is 0.317 e. The Morgan fingerprint density at radius 1 is 1.35 bits per heavy atom. The lowest BCUT2D eigenvalue weighted by Crippen LogP contribution is -2.51. The lowest BCUT2D eigenvalue weighted by atomic mass is 10.2. The Labute approximate surface area is 136 Å². The molecule has 2 N–H and O–H groups in total. The molecule has 0 radical (unpaired) electrons. The maximum absolute atomic E-state index is 12.2. The van der Waals surface area contributed by atoms with Crippen LogP contribution in [0.3, 0.4) is 0 Å². The van der Waals surface area contributed by atoms with Crippen molar-refractivity contribution in [2.75, 3.05) is 19.6 Å². The van der Waals surface area contributed by atoms with Gasteiger partial charge in [-0.2, -0.15) is 0 Å². The zero-order chi connectivity index (χ0) is 16.2. The molecule has 2 amide bonds. The van der Waals surface area contributed by atoms with Crippen LogP contribution in [0.25, 0.3) is 11.0 Å².